The fourth-order valence-corrected chi connectivity index (χ4v) is 2.06. The summed E-state index contributed by atoms with van der Waals surface area (Å²) in [5, 5.41) is 6.39. The van der Waals surface area contributed by atoms with Gasteiger partial charge in [0.1, 0.15) is 17.3 Å². The number of anilines is 2. The van der Waals surface area contributed by atoms with Gasteiger partial charge in [-0.05, 0) is 39.0 Å². The van der Waals surface area contributed by atoms with E-state index < -0.39 is 0 Å². The molecular weight excluding hydrogens is 316 g/mol. The molecule has 2 aromatic rings. The van der Waals surface area contributed by atoms with Gasteiger partial charge in [0.05, 0.1) is 24.5 Å². The molecular formula is C16H19ClN4O2. The number of hydrogen-bond acceptors (Lipinski definition) is 5. The van der Waals surface area contributed by atoms with Crippen LogP contribution < -0.4 is 15.4 Å². The number of nitrogens with one attached hydrogen (secondary N) is 2. The number of rotatable bonds is 4. The molecule has 0 unspecified atom stereocenters. The summed E-state index contributed by atoms with van der Waals surface area (Å²) in [4.78, 5) is 20.3. The first kappa shape index (κ1) is 17.0. The molecule has 0 spiro atoms. The van der Waals surface area contributed by atoms with Crippen molar-refractivity contribution in [3.05, 3.63) is 41.3 Å². The molecule has 0 atom stereocenters. The molecule has 0 aliphatic rings. The molecule has 0 aliphatic heterocycles. The SMILES string of the molecule is COc1ccc(Nc2cnc(C(=O)NC(C)(C)C)cn2)cc1Cl. The number of methoxy groups -OCH3 is 1. The van der Waals surface area contributed by atoms with Crippen LogP contribution in [0.4, 0.5) is 11.5 Å². The van der Waals surface area contributed by atoms with Gasteiger partial charge in [0.25, 0.3) is 5.91 Å². The van der Waals surface area contributed by atoms with E-state index in [1.807, 2.05) is 26.8 Å². The van der Waals surface area contributed by atoms with Gasteiger partial charge in [-0.1, -0.05) is 11.6 Å². The first-order valence-electron chi connectivity index (χ1n) is 7.03. The van der Waals surface area contributed by atoms with Gasteiger partial charge in [0.2, 0.25) is 0 Å². The molecule has 1 aromatic heterocycles. The summed E-state index contributed by atoms with van der Waals surface area (Å²) in [5.41, 5.74) is 0.686. The number of benzene rings is 1. The molecule has 0 radical (unpaired) electrons. The van der Waals surface area contributed by atoms with E-state index in [9.17, 15) is 4.79 Å². The number of carbonyl (C=O) groups excluding carboxylic acids is 1. The number of nitrogens with zero attached hydrogens (tertiary/aromatic N) is 2. The molecule has 2 N–H and O–H groups in total. The molecule has 1 amide bonds. The van der Waals surface area contributed by atoms with Gasteiger partial charge >= 0.3 is 0 Å². The molecule has 0 fully saturated rings. The minimum absolute atomic E-state index is 0.260. The van der Waals surface area contributed by atoms with Crippen LogP contribution >= 0.6 is 11.6 Å². The van der Waals surface area contributed by atoms with Crippen LogP contribution in [-0.2, 0) is 0 Å². The third-order valence-electron chi connectivity index (χ3n) is 2.80. The van der Waals surface area contributed by atoms with Crippen LogP contribution in [0, 0.1) is 0 Å². The third-order valence-corrected chi connectivity index (χ3v) is 3.09. The predicted molar refractivity (Wildman–Crippen MR) is 90.5 cm³/mol. The molecule has 6 nitrogen and oxygen atoms in total. The average molecular weight is 335 g/mol. The second-order valence-electron chi connectivity index (χ2n) is 5.97. The molecule has 0 aliphatic carbocycles. The van der Waals surface area contributed by atoms with Crippen molar-refractivity contribution in [1.29, 1.82) is 0 Å². The molecule has 23 heavy (non-hydrogen) atoms. The van der Waals surface area contributed by atoms with E-state index in [1.165, 1.54) is 12.4 Å². The molecule has 122 valence electrons. The Balaban J connectivity index is 2.08. The molecule has 1 aromatic carbocycles. The van der Waals surface area contributed by atoms with E-state index in [0.717, 1.165) is 5.69 Å². The summed E-state index contributed by atoms with van der Waals surface area (Å²) in [6, 6.07) is 5.29. The normalized spacial score (nSPS) is 11.0. The number of halogens is 1. The van der Waals surface area contributed by atoms with Gasteiger partial charge in [0.15, 0.2) is 0 Å². The lowest BCUT2D eigenvalue weighted by atomic mass is 10.1. The molecule has 1 heterocycles. The number of hydrogen-bond donors (Lipinski definition) is 2. The van der Waals surface area contributed by atoms with Crippen LogP contribution in [0.15, 0.2) is 30.6 Å². The maximum Gasteiger partial charge on any atom is 0.271 e. The standard InChI is InChI=1S/C16H19ClN4O2/c1-16(2,3)21-15(22)12-8-19-14(9-18-12)20-10-5-6-13(23-4)11(17)7-10/h5-9H,1-4H3,(H,19,20)(H,21,22). The Morgan fingerprint density at radius 3 is 2.48 bits per heavy atom. The van der Waals surface area contributed by atoms with Gasteiger partial charge in [-0.25, -0.2) is 9.97 Å². The maximum atomic E-state index is 12.0. The summed E-state index contributed by atoms with van der Waals surface area (Å²) in [7, 11) is 1.56. The summed E-state index contributed by atoms with van der Waals surface area (Å²) in [5.74, 6) is 0.847. The van der Waals surface area contributed by atoms with Crippen molar-refractivity contribution < 1.29 is 9.53 Å². The lowest BCUT2D eigenvalue weighted by Gasteiger charge is -2.19. The highest BCUT2D eigenvalue weighted by molar-refractivity contribution is 6.32. The van der Waals surface area contributed by atoms with Crippen LogP contribution in [0.25, 0.3) is 0 Å². The van der Waals surface area contributed by atoms with Crippen molar-refractivity contribution in [1.82, 2.24) is 15.3 Å². The minimum Gasteiger partial charge on any atom is -0.495 e. The Morgan fingerprint density at radius 2 is 1.96 bits per heavy atom. The van der Waals surface area contributed by atoms with E-state index in [2.05, 4.69) is 20.6 Å². The van der Waals surface area contributed by atoms with Crippen molar-refractivity contribution in [2.24, 2.45) is 0 Å². The van der Waals surface area contributed by atoms with Crippen LogP contribution in [0.5, 0.6) is 5.75 Å². The average Bonchev–Trinajstić information content (AvgIpc) is 2.46. The van der Waals surface area contributed by atoms with Crippen LogP contribution in [-0.4, -0.2) is 28.5 Å². The fraction of sp³-hybridized carbons (Fsp3) is 0.312. The van der Waals surface area contributed by atoms with Gasteiger partial charge in [-0.3, -0.25) is 4.79 Å². The van der Waals surface area contributed by atoms with Crippen molar-refractivity contribution in [3.8, 4) is 5.75 Å². The van der Waals surface area contributed by atoms with Gasteiger partial charge in [-0.2, -0.15) is 0 Å². The van der Waals surface area contributed by atoms with Gasteiger partial charge < -0.3 is 15.4 Å². The molecule has 2 rings (SSSR count). The fourth-order valence-electron chi connectivity index (χ4n) is 1.81. The number of carbonyl (C=O) groups is 1. The lowest BCUT2D eigenvalue weighted by molar-refractivity contribution is 0.0914. The minimum atomic E-state index is -0.324. The number of amides is 1. The summed E-state index contributed by atoms with van der Waals surface area (Å²) >= 11 is 6.07. The van der Waals surface area contributed by atoms with Crippen LogP contribution in [0.2, 0.25) is 5.02 Å². The topological polar surface area (TPSA) is 76.1 Å². The van der Waals surface area contributed by atoms with E-state index in [0.29, 0.717) is 16.6 Å². The summed E-state index contributed by atoms with van der Waals surface area (Å²) in [6.07, 6.45) is 2.92. The summed E-state index contributed by atoms with van der Waals surface area (Å²) < 4.78 is 5.10. The van der Waals surface area contributed by atoms with E-state index in [-0.39, 0.29) is 17.1 Å². The first-order valence-corrected chi connectivity index (χ1v) is 7.41. The monoisotopic (exact) mass is 334 g/mol. The Morgan fingerprint density at radius 1 is 1.22 bits per heavy atom. The second kappa shape index (κ2) is 6.83. The Bertz CT molecular complexity index is 696. The molecule has 0 saturated heterocycles. The molecule has 0 saturated carbocycles. The van der Waals surface area contributed by atoms with Crippen LogP contribution in [0.1, 0.15) is 31.3 Å². The number of ether oxygens (including phenoxy) is 1. The van der Waals surface area contributed by atoms with E-state index >= 15 is 0 Å². The zero-order chi connectivity index (χ0) is 17.0. The Kier molecular flexibility index (Phi) is 5.05. The third kappa shape index (κ3) is 4.82. The van der Waals surface area contributed by atoms with Gasteiger partial charge in [0, 0.05) is 11.2 Å². The smallest absolute Gasteiger partial charge is 0.271 e. The summed E-state index contributed by atoms with van der Waals surface area (Å²) in [6.45, 7) is 5.71. The van der Waals surface area contributed by atoms with Crippen molar-refractivity contribution in [3.63, 3.8) is 0 Å². The van der Waals surface area contributed by atoms with Crippen molar-refractivity contribution in [2.45, 2.75) is 26.3 Å². The highest BCUT2D eigenvalue weighted by Crippen LogP contribution is 2.28. The molecule has 0 bridgehead atoms. The van der Waals surface area contributed by atoms with Crippen molar-refractivity contribution >= 4 is 29.0 Å². The Hall–Kier alpha value is -2.34. The predicted octanol–water partition coefficient (Wildman–Crippen LogP) is 3.41. The highest BCUT2D eigenvalue weighted by atomic mass is 35.5. The van der Waals surface area contributed by atoms with Crippen molar-refractivity contribution in [2.75, 3.05) is 12.4 Å². The van der Waals surface area contributed by atoms with Crippen LogP contribution in [0.3, 0.4) is 0 Å². The van der Waals surface area contributed by atoms with E-state index in [1.54, 1.807) is 19.2 Å². The van der Waals surface area contributed by atoms with E-state index in [4.69, 9.17) is 16.3 Å². The number of aromatic nitrogens is 2. The van der Waals surface area contributed by atoms with Gasteiger partial charge in [-0.15, -0.1) is 0 Å². The quantitative estimate of drug-likeness (QED) is 0.896. The zero-order valence-electron chi connectivity index (χ0n) is 13.5. The zero-order valence-corrected chi connectivity index (χ0v) is 14.2. The second-order valence-corrected chi connectivity index (χ2v) is 6.37. The molecule has 7 heteroatoms. The highest BCUT2D eigenvalue weighted by Gasteiger charge is 2.16. The lowest BCUT2D eigenvalue weighted by Crippen LogP contribution is -2.40. The first-order chi connectivity index (χ1) is 10.8. The Labute approximate surface area is 140 Å². The maximum absolute atomic E-state index is 12.0. The largest absolute Gasteiger partial charge is 0.495 e.